The molecule has 1 saturated heterocycles. The summed E-state index contributed by atoms with van der Waals surface area (Å²) in [5, 5.41) is 0. The Kier molecular flexibility index (Phi) is 6.12. The molecule has 1 aliphatic heterocycles. The number of ketones is 1. The molecule has 0 N–H and O–H groups in total. The fourth-order valence-electron chi connectivity index (χ4n) is 3.52. The number of aromatic nitrogens is 1. The van der Waals surface area contributed by atoms with E-state index in [1.807, 2.05) is 63.4 Å². The first kappa shape index (κ1) is 20.1. The van der Waals surface area contributed by atoms with Gasteiger partial charge in [0.15, 0.2) is 0 Å². The lowest BCUT2D eigenvalue weighted by molar-refractivity contribution is -0.123. The van der Waals surface area contributed by atoms with Gasteiger partial charge in [-0.05, 0) is 50.8 Å². The Balaban J connectivity index is 1.61. The number of hydrogen-bond donors (Lipinski definition) is 0. The lowest BCUT2D eigenvalue weighted by atomic mass is 9.87. The van der Waals surface area contributed by atoms with Crippen molar-refractivity contribution in [3.8, 4) is 11.1 Å². The van der Waals surface area contributed by atoms with Gasteiger partial charge in [0.1, 0.15) is 11.4 Å². The number of benzene rings is 1. The highest BCUT2D eigenvalue weighted by molar-refractivity contribution is 5.86. The number of Topliss-reactive ketones (excluding diaryl/α,β-unsaturated/α-hetero) is 1. The first-order valence-corrected chi connectivity index (χ1v) is 9.82. The number of hydrogen-bond acceptors (Lipinski definition) is 4. The number of rotatable bonds is 4. The van der Waals surface area contributed by atoms with Crippen LogP contribution in [-0.4, -0.2) is 40.5 Å². The molecule has 0 saturated carbocycles. The van der Waals surface area contributed by atoms with Gasteiger partial charge < -0.3 is 9.64 Å². The summed E-state index contributed by atoms with van der Waals surface area (Å²) in [6, 6.07) is 11.9. The molecule has 1 aliphatic rings. The van der Waals surface area contributed by atoms with Gasteiger partial charge in [0, 0.05) is 43.4 Å². The van der Waals surface area contributed by atoms with Crippen molar-refractivity contribution in [1.82, 2.24) is 9.88 Å². The molecule has 3 rings (SSSR count). The highest BCUT2D eigenvalue weighted by atomic mass is 16.6. The maximum atomic E-state index is 12.9. The highest BCUT2D eigenvalue weighted by Crippen LogP contribution is 2.26. The van der Waals surface area contributed by atoms with Gasteiger partial charge in [0.2, 0.25) is 0 Å². The number of likely N-dealkylation sites (tertiary alicyclic amines) is 1. The van der Waals surface area contributed by atoms with Crippen LogP contribution >= 0.6 is 0 Å². The quantitative estimate of drug-likeness (QED) is 0.783. The molecule has 0 unspecified atom stereocenters. The summed E-state index contributed by atoms with van der Waals surface area (Å²) in [7, 11) is 0. The summed E-state index contributed by atoms with van der Waals surface area (Å²) in [6.45, 7) is 6.72. The number of nitrogens with zero attached hydrogens (tertiary/aromatic N) is 2. The maximum Gasteiger partial charge on any atom is 0.410 e. The zero-order valence-corrected chi connectivity index (χ0v) is 16.9. The van der Waals surface area contributed by atoms with Crippen LogP contribution in [0.4, 0.5) is 4.79 Å². The van der Waals surface area contributed by atoms with E-state index in [2.05, 4.69) is 4.98 Å². The van der Waals surface area contributed by atoms with Crippen molar-refractivity contribution in [2.45, 2.75) is 45.6 Å². The maximum absolute atomic E-state index is 12.9. The van der Waals surface area contributed by atoms with E-state index >= 15 is 0 Å². The van der Waals surface area contributed by atoms with Crippen molar-refractivity contribution in [2.75, 3.05) is 13.1 Å². The van der Waals surface area contributed by atoms with E-state index in [4.69, 9.17) is 4.74 Å². The average Bonchev–Trinajstić information content (AvgIpc) is 2.68. The normalized spacial score (nSPS) is 15.3. The fourth-order valence-corrected chi connectivity index (χ4v) is 3.52. The molecule has 0 radical (unpaired) electrons. The van der Waals surface area contributed by atoms with Gasteiger partial charge in [0.05, 0.1) is 0 Å². The van der Waals surface area contributed by atoms with Crippen LogP contribution in [-0.2, 0) is 16.0 Å². The molecule has 2 heterocycles. The molecule has 5 heteroatoms. The molecule has 0 atom stereocenters. The molecular weight excluding hydrogens is 352 g/mol. The number of amides is 1. The largest absolute Gasteiger partial charge is 0.444 e. The van der Waals surface area contributed by atoms with Gasteiger partial charge in [-0.1, -0.05) is 30.3 Å². The molecule has 0 aliphatic carbocycles. The molecule has 28 heavy (non-hydrogen) atoms. The van der Waals surface area contributed by atoms with E-state index in [9.17, 15) is 9.59 Å². The Morgan fingerprint density at radius 2 is 1.82 bits per heavy atom. The Labute approximate surface area is 166 Å². The number of piperidine rings is 1. The average molecular weight is 380 g/mol. The second kappa shape index (κ2) is 8.55. The molecule has 1 amide bonds. The van der Waals surface area contributed by atoms with Crippen LogP contribution in [0, 0.1) is 5.92 Å². The van der Waals surface area contributed by atoms with Gasteiger partial charge in [-0.25, -0.2) is 4.79 Å². The molecule has 1 aromatic carbocycles. The molecule has 148 valence electrons. The van der Waals surface area contributed by atoms with Gasteiger partial charge in [-0.15, -0.1) is 0 Å². The Morgan fingerprint density at radius 1 is 1.11 bits per heavy atom. The van der Waals surface area contributed by atoms with Crippen LogP contribution in [0.25, 0.3) is 11.1 Å². The Hall–Kier alpha value is -2.69. The van der Waals surface area contributed by atoms with Crippen LogP contribution in [0.3, 0.4) is 0 Å². The van der Waals surface area contributed by atoms with Crippen LogP contribution in [0.1, 0.15) is 39.2 Å². The molecular formula is C23H28N2O3. The summed E-state index contributed by atoms with van der Waals surface area (Å²) >= 11 is 0. The third kappa shape index (κ3) is 5.18. The topological polar surface area (TPSA) is 59.5 Å². The van der Waals surface area contributed by atoms with Crippen molar-refractivity contribution in [3.63, 3.8) is 0 Å². The van der Waals surface area contributed by atoms with Gasteiger partial charge >= 0.3 is 6.09 Å². The van der Waals surface area contributed by atoms with Gasteiger partial charge in [0.25, 0.3) is 0 Å². The van der Waals surface area contributed by atoms with E-state index in [-0.39, 0.29) is 17.8 Å². The number of ether oxygens (including phenoxy) is 1. The molecule has 0 spiro atoms. The standard InChI is InChI=1S/C23H28N2O3/c1-23(2,3)28-22(27)25-13-10-17(11-14-25)21(26)15-18-7-4-5-9-20(18)19-8-6-12-24-16-19/h4-9,12,16-17H,10-11,13-15H2,1-3H3. The minimum absolute atomic E-state index is 0.0133. The number of carbonyl (C=O) groups is 2. The fraction of sp³-hybridized carbons (Fsp3) is 0.435. The van der Waals surface area contributed by atoms with Crippen molar-refractivity contribution in [2.24, 2.45) is 5.92 Å². The molecule has 2 aromatic rings. The second-order valence-corrected chi connectivity index (χ2v) is 8.28. The summed E-state index contributed by atoms with van der Waals surface area (Å²) < 4.78 is 5.43. The van der Waals surface area contributed by atoms with E-state index in [0.717, 1.165) is 16.7 Å². The smallest absolute Gasteiger partial charge is 0.410 e. The molecule has 0 bridgehead atoms. The SMILES string of the molecule is CC(C)(C)OC(=O)N1CCC(C(=O)Cc2ccccc2-c2cccnc2)CC1. The van der Waals surface area contributed by atoms with Crippen molar-refractivity contribution >= 4 is 11.9 Å². The van der Waals surface area contributed by atoms with Crippen molar-refractivity contribution in [1.29, 1.82) is 0 Å². The summed E-state index contributed by atoms with van der Waals surface area (Å²) in [5.74, 6) is 0.223. The first-order valence-electron chi connectivity index (χ1n) is 9.82. The zero-order valence-electron chi connectivity index (χ0n) is 16.9. The third-order valence-electron chi connectivity index (χ3n) is 4.96. The minimum atomic E-state index is -0.500. The van der Waals surface area contributed by atoms with Crippen LogP contribution in [0.5, 0.6) is 0 Å². The van der Waals surface area contributed by atoms with Crippen LogP contribution in [0.2, 0.25) is 0 Å². The number of carbonyl (C=O) groups excluding carboxylic acids is 2. The summed E-state index contributed by atoms with van der Waals surface area (Å²) in [5.41, 5.74) is 2.59. The highest BCUT2D eigenvalue weighted by Gasteiger charge is 2.30. The van der Waals surface area contributed by atoms with Crippen molar-refractivity contribution < 1.29 is 14.3 Å². The van der Waals surface area contributed by atoms with Crippen LogP contribution in [0.15, 0.2) is 48.8 Å². The minimum Gasteiger partial charge on any atom is -0.444 e. The van der Waals surface area contributed by atoms with Gasteiger partial charge in [-0.3, -0.25) is 9.78 Å². The van der Waals surface area contributed by atoms with Gasteiger partial charge in [-0.2, -0.15) is 0 Å². The van der Waals surface area contributed by atoms with E-state index in [1.165, 1.54) is 0 Å². The monoisotopic (exact) mass is 380 g/mol. The first-order chi connectivity index (χ1) is 13.3. The van der Waals surface area contributed by atoms with E-state index in [0.29, 0.717) is 32.4 Å². The molecule has 5 nitrogen and oxygen atoms in total. The van der Waals surface area contributed by atoms with E-state index in [1.54, 1.807) is 11.1 Å². The van der Waals surface area contributed by atoms with Crippen molar-refractivity contribution in [3.05, 3.63) is 54.4 Å². The van der Waals surface area contributed by atoms with Crippen LogP contribution < -0.4 is 0 Å². The third-order valence-corrected chi connectivity index (χ3v) is 4.96. The number of pyridine rings is 1. The molecule has 1 aromatic heterocycles. The molecule has 1 fully saturated rings. The summed E-state index contributed by atoms with van der Waals surface area (Å²) in [4.78, 5) is 31.0. The second-order valence-electron chi connectivity index (χ2n) is 8.28. The lowest BCUT2D eigenvalue weighted by Gasteiger charge is -2.33. The lowest BCUT2D eigenvalue weighted by Crippen LogP contribution is -2.43. The Bertz CT molecular complexity index is 819. The zero-order chi connectivity index (χ0) is 20.1. The Morgan fingerprint density at radius 3 is 2.46 bits per heavy atom. The predicted molar refractivity (Wildman–Crippen MR) is 109 cm³/mol. The summed E-state index contributed by atoms with van der Waals surface area (Å²) in [6.07, 6.45) is 5.06. The predicted octanol–water partition coefficient (Wildman–Crippen LogP) is 4.51. The van der Waals surface area contributed by atoms with E-state index < -0.39 is 5.60 Å².